The maximum absolute atomic E-state index is 13.4. The lowest BCUT2D eigenvalue weighted by atomic mass is 10.1. The Morgan fingerprint density at radius 3 is 2.32 bits per heavy atom. The molecule has 1 saturated carbocycles. The van der Waals surface area contributed by atoms with Gasteiger partial charge in [0.15, 0.2) is 5.82 Å². The van der Waals surface area contributed by atoms with Crippen LogP contribution in [-0.2, 0) is 19.6 Å². The van der Waals surface area contributed by atoms with Crippen LogP contribution in [0.25, 0.3) is 11.5 Å². The summed E-state index contributed by atoms with van der Waals surface area (Å²) in [5, 5.41) is 3.68. The summed E-state index contributed by atoms with van der Waals surface area (Å²) in [4.78, 5) is 28.4. The summed E-state index contributed by atoms with van der Waals surface area (Å²) in [6.45, 7) is 9.74. The molecule has 0 radical (unpaired) electrons. The lowest BCUT2D eigenvalue weighted by Gasteiger charge is -2.35. The van der Waals surface area contributed by atoms with Crippen molar-refractivity contribution in [3.8, 4) is 11.5 Å². The Balaban J connectivity index is 0.00000133. The van der Waals surface area contributed by atoms with Crippen LogP contribution in [0.15, 0.2) is 35.1 Å². The van der Waals surface area contributed by atoms with Gasteiger partial charge in [-0.05, 0) is 24.8 Å². The Hall–Kier alpha value is -1.84. The number of rotatable bonds is 7. The van der Waals surface area contributed by atoms with E-state index >= 15 is 0 Å². The zero-order valence-electron chi connectivity index (χ0n) is 22.1. The number of halogens is 3. The normalized spacial score (nSPS) is 19.9. The molecule has 1 N–H and O–H groups in total. The van der Waals surface area contributed by atoms with E-state index in [2.05, 4.69) is 52.4 Å². The maximum Gasteiger partial charge on any atom is 0.331 e. The molecule has 38 heavy (non-hydrogen) atoms. The molecule has 0 bridgehead atoms. The van der Waals surface area contributed by atoms with Crippen LogP contribution in [0.3, 0.4) is 0 Å². The van der Waals surface area contributed by atoms with Crippen LogP contribution in [0, 0.1) is 0 Å². The van der Waals surface area contributed by atoms with E-state index in [0.717, 1.165) is 81.7 Å². The Morgan fingerprint density at radius 1 is 0.947 bits per heavy atom. The molecule has 4 aliphatic heterocycles. The van der Waals surface area contributed by atoms with Crippen LogP contribution < -0.4 is 11.0 Å². The Kier molecular flexibility index (Phi) is 10.9. The first-order valence-electron chi connectivity index (χ1n) is 13.5. The molecular weight excluding hydrogens is 545 g/mol. The highest BCUT2D eigenvalue weighted by Crippen LogP contribution is 2.37. The molecule has 5 aliphatic rings. The summed E-state index contributed by atoms with van der Waals surface area (Å²) in [7, 11) is 0. The molecule has 11 heteroatoms. The van der Waals surface area contributed by atoms with Crippen molar-refractivity contribution in [3.63, 3.8) is 0 Å². The zero-order valence-corrected chi connectivity index (χ0v) is 24.5. The molecule has 210 valence electrons. The lowest BCUT2D eigenvalue weighted by molar-refractivity contribution is 0.123. The average Bonchev–Trinajstić information content (AvgIpc) is 3.63. The van der Waals surface area contributed by atoms with Gasteiger partial charge in [0.25, 0.3) is 0 Å². The topological polar surface area (TPSA) is 71.2 Å². The Bertz CT molecular complexity index is 1190. The molecule has 1 aromatic carbocycles. The minimum atomic E-state index is 0. The smallest absolute Gasteiger partial charge is 0.331 e. The Morgan fingerprint density at radius 2 is 1.63 bits per heavy atom. The molecule has 0 spiro atoms. The van der Waals surface area contributed by atoms with Crippen molar-refractivity contribution >= 4 is 43.0 Å². The molecule has 2 fully saturated rings. The van der Waals surface area contributed by atoms with E-state index in [0.29, 0.717) is 19.0 Å². The van der Waals surface area contributed by atoms with Crippen molar-refractivity contribution in [1.29, 1.82) is 0 Å². The third-order valence-corrected chi connectivity index (χ3v) is 7.97. The third kappa shape index (κ3) is 6.15. The summed E-state index contributed by atoms with van der Waals surface area (Å²) >= 11 is 0. The van der Waals surface area contributed by atoms with Crippen molar-refractivity contribution in [3.05, 3.63) is 52.2 Å². The number of anilines is 1. The predicted molar refractivity (Wildman–Crippen MR) is 160 cm³/mol. The van der Waals surface area contributed by atoms with Crippen molar-refractivity contribution in [2.75, 3.05) is 38.0 Å². The number of imidazole rings is 1. The zero-order chi connectivity index (χ0) is 23.8. The fourth-order valence-corrected chi connectivity index (χ4v) is 6.11. The highest BCUT2D eigenvalue weighted by atomic mass is 35.5. The molecule has 0 aromatic heterocycles. The second-order valence-electron chi connectivity index (χ2n) is 10.5. The van der Waals surface area contributed by atoms with Gasteiger partial charge in [-0.1, -0.05) is 50.1 Å². The largest absolute Gasteiger partial charge is 0.364 e. The third-order valence-electron chi connectivity index (χ3n) is 7.97. The van der Waals surface area contributed by atoms with Gasteiger partial charge in [-0.15, -0.1) is 37.2 Å². The van der Waals surface area contributed by atoms with Crippen LogP contribution in [0.1, 0.15) is 56.3 Å². The molecule has 1 unspecified atom stereocenters. The average molecular weight is 585 g/mol. The van der Waals surface area contributed by atoms with E-state index in [-0.39, 0.29) is 49.0 Å². The highest BCUT2D eigenvalue weighted by molar-refractivity contribution is 5.86. The summed E-state index contributed by atoms with van der Waals surface area (Å²) in [5.41, 5.74) is 2.32. The van der Waals surface area contributed by atoms with Gasteiger partial charge in [-0.25, -0.2) is 14.8 Å². The minimum absolute atomic E-state index is 0. The number of hydrogen-bond donors (Lipinski definition) is 1. The number of piperazine rings is 1. The van der Waals surface area contributed by atoms with Crippen LogP contribution in [0.4, 0.5) is 5.82 Å². The summed E-state index contributed by atoms with van der Waals surface area (Å²) in [6, 6.07) is 10.9. The SMILES string of the molecule is CCCn1c2nc(C3CCCC3)nc-2c2n(c1=O)CC(CN1CCN(Cc3ccccc3)CC1)N2.Cl.Cl.Cl. The molecule has 8 nitrogen and oxygen atoms in total. The molecule has 1 saturated heterocycles. The van der Waals surface area contributed by atoms with E-state index in [1.54, 1.807) is 0 Å². The maximum atomic E-state index is 13.4. The summed E-state index contributed by atoms with van der Waals surface area (Å²) < 4.78 is 3.78. The van der Waals surface area contributed by atoms with Crippen LogP contribution >= 0.6 is 37.2 Å². The lowest BCUT2D eigenvalue weighted by Crippen LogP contribution is -2.49. The second-order valence-corrected chi connectivity index (χ2v) is 10.5. The van der Waals surface area contributed by atoms with Crippen LogP contribution in [-0.4, -0.2) is 67.7 Å². The van der Waals surface area contributed by atoms with E-state index in [1.807, 2.05) is 9.13 Å². The number of aromatic nitrogens is 4. The van der Waals surface area contributed by atoms with Gasteiger partial charge in [0.05, 0.1) is 12.6 Å². The number of fused-ring (bicyclic) bond motifs is 3. The predicted octanol–water partition coefficient (Wildman–Crippen LogP) is 4.49. The van der Waals surface area contributed by atoms with Crippen LogP contribution in [0.2, 0.25) is 0 Å². The molecular formula is C27H40Cl3N7O. The minimum Gasteiger partial charge on any atom is -0.364 e. The van der Waals surface area contributed by atoms with Gasteiger partial charge in [0.1, 0.15) is 17.3 Å². The molecule has 0 amide bonds. The second kappa shape index (κ2) is 13.5. The van der Waals surface area contributed by atoms with Crippen LogP contribution in [0.5, 0.6) is 0 Å². The van der Waals surface area contributed by atoms with E-state index < -0.39 is 0 Å². The molecule has 1 atom stereocenters. The van der Waals surface area contributed by atoms with Crippen molar-refractivity contribution in [1.82, 2.24) is 28.9 Å². The van der Waals surface area contributed by atoms with Gasteiger partial charge in [0.2, 0.25) is 0 Å². The quantitative estimate of drug-likeness (QED) is 0.441. The van der Waals surface area contributed by atoms with Gasteiger partial charge in [-0.3, -0.25) is 18.9 Å². The van der Waals surface area contributed by atoms with Crippen molar-refractivity contribution in [2.45, 2.75) is 70.6 Å². The number of nitrogens with one attached hydrogen (secondary N) is 1. The van der Waals surface area contributed by atoms with Gasteiger partial charge >= 0.3 is 5.69 Å². The first-order valence-corrected chi connectivity index (χ1v) is 13.5. The van der Waals surface area contributed by atoms with E-state index in [4.69, 9.17) is 9.97 Å². The number of benzene rings is 1. The highest BCUT2D eigenvalue weighted by Gasteiger charge is 2.34. The van der Waals surface area contributed by atoms with Crippen molar-refractivity contribution in [2.24, 2.45) is 0 Å². The molecule has 6 rings (SSSR count). The first-order chi connectivity index (χ1) is 17.2. The fraction of sp³-hybridized carbons (Fsp3) is 0.593. The van der Waals surface area contributed by atoms with E-state index in [9.17, 15) is 4.79 Å². The standard InChI is InChI=1S/C27H37N7O.3ClH/c1-2-12-33-26-23(29-24(30-26)21-10-6-7-11-21)25-28-22(19-34(25)27(33)35)18-32-15-13-31(14-16-32)17-20-8-4-3-5-9-20;;;/h3-5,8-9,21-22,28H,2,6-7,10-19H2,1H3;3*1H. The monoisotopic (exact) mass is 583 g/mol. The summed E-state index contributed by atoms with van der Waals surface area (Å²) in [6.07, 6.45) is 5.74. The van der Waals surface area contributed by atoms with Crippen molar-refractivity contribution < 1.29 is 0 Å². The number of nitrogens with zero attached hydrogens (tertiary/aromatic N) is 6. The fourth-order valence-electron chi connectivity index (χ4n) is 6.11. The Labute approximate surface area is 243 Å². The van der Waals surface area contributed by atoms with Gasteiger partial charge in [0, 0.05) is 51.7 Å². The molecule has 1 aliphatic carbocycles. The molecule has 4 heterocycles. The van der Waals surface area contributed by atoms with Gasteiger partial charge in [-0.2, -0.15) is 0 Å². The number of hydrogen-bond acceptors (Lipinski definition) is 6. The first kappa shape index (κ1) is 30.7. The van der Waals surface area contributed by atoms with E-state index in [1.165, 1.54) is 18.4 Å². The van der Waals surface area contributed by atoms with Gasteiger partial charge < -0.3 is 5.32 Å². The molecule has 1 aromatic rings. The summed E-state index contributed by atoms with van der Waals surface area (Å²) in [5.74, 6) is 3.03.